The van der Waals surface area contributed by atoms with Gasteiger partial charge in [-0.2, -0.15) is 23.4 Å². The van der Waals surface area contributed by atoms with Gasteiger partial charge in [-0.1, -0.05) is 50.0 Å². The zero-order valence-corrected chi connectivity index (χ0v) is 21.6. The number of carbonyl (C=O) groups is 1. The zero-order valence-electron chi connectivity index (χ0n) is 20.1. The minimum absolute atomic E-state index is 0.0681. The number of fused-ring (bicyclic) bond motifs is 1. The summed E-state index contributed by atoms with van der Waals surface area (Å²) in [6.07, 6.45) is -4.68. The highest BCUT2D eigenvalue weighted by Crippen LogP contribution is 2.33. The van der Waals surface area contributed by atoms with Gasteiger partial charge in [0.2, 0.25) is 0 Å². The first-order chi connectivity index (χ1) is 16.6. The predicted molar refractivity (Wildman–Crippen MR) is 132 cm³/mol. The molecule has 0 aliphatic carbocycles. The third-order valence-electron chi connectivity index (χ3n) is 5.67. The van der Waals surface area contributed by atoms with E-state index >= 15 is 0 Å². The molecule has 36 heavy (non-hydrogen) atoms. The maximum Gasteiger partial charge on any atom is 0.433 e. The molecule has 1 amide bonds. The van der Waals surface area contributed by atoms with E-state index in [-0.39, 0.29) is 17.0 Å². The van der Waals surface area contributed by atoms with Gasteiger partial charge < -0.3 is 5.32 Å². The first-order valence-electron chi connectivity index (χ1n) is 10.9. The number of nitrogens with zero attached hydrogens (tertiary/aromatic N) is 5. The Morgan fingerprint density at radius 3 is 2.36 bits per heavy atom. The molecule has 7 nitrogen and oxygen atoms in total. The van der Waals surface area contributed by atoms with Crippen LogP contribution in [-0.2, 0) is 18.1 Å². The van der Waals surface area contributed by atoms with Gasteiger partial charge in [0.1, 0.15) is 5.69 Å². The lowest BCUT2D eigenvalue weighted by Gasteiger charge is -2.19. The lowest BCUT2D eigenvalue weighted by Crippen LogP contribution is -2.20. The van der Waals surface area contributed by atoms with Gasteiger partial charge in [0.15, 0.2) is 11.3 Å². The highest BCUT2D eigenvalue weighted by molar-refractivity contribution is 6.35. The minimum Gasteiger partial charge on any atom is -0.317 e. The molecular formula is C24H23Cl2F3N6O. The van der Waals surface area contributed by atoms with Gasteiger partial charge >= 0.3 is 6.18 Å². The van der Waals surface area contributed by atoms with Gasteiger partial charge in [-0.05, 0) is 37.6 Å². The summed E-state index contributed by atoms with van der Waals surface area (Å²) in [7, 11) is 0. The number of anilines is 1. The molecule has 0 fully saturated rings. The average Bonchev–Trinajstić information content (AvgIpc) is 3.30. The first kappa shape index (κ1) is 26.0. The summed E-state index contributed by atoms with van der Waals surface area (Å²) in [4.78, 5) is 17.3. The van der Waals surface area contributed by atoms with Crippen LogP contribution in [0.2, 0.25) is 10.0 Å². The van der Waals surface area contributed by atoms with Gasteiger partial charge in [-0.25, -0.2) is 9.50 Å². The maximum atomic E-state index is 13.8. The lowest BCUT2D eigenvalue weighted by molar-refractivity contribution is -0.142. The van der Waals surface area contributed by atoms with Crippen LogP contribution in [0.5, 0.6) is 0 Å². The van der Waals surface area contributed by atoms with E-state index in [2.05, 4.69) is 20.5 Å². The van der Waals surface area contributed by atoms with Gasteiger partial charge in [0.25, 0.3) is 5.91 Å². The van der Waals surface area contributed by atoms with Crippen LogP contribution >= 0.6 is 23.2 Å². The Kier molecular flexibility index (Phi) is 6.55. The van der Waals surface area contributed by atoms with E-state index in [1.165, 1.54) is 6.07 Å². The number of aromatic nitrogens is 5. The standard InChI is InChI=1S/C24H23Cl2F3N6O/c1-12-21(13(2)34(32-12)11-14-6-7-15(25)8-16(14)26)31-22(36)17-9-20-30-18(23(3,4)5)10-19(24(27,28)29)35(20)33-17/h6-10H,11H2,1-5H3,(H,31,36). The topological polar surface area (TPSA) is 77.1 Å². The summed E-state index contributed by atoms with van der Waals surface area (Å²) in [5.74, 6) is -0.679. The molecule has 3 heterocycles. The molecule has 0 saturated carbocycles. The lowest BCUT2D eigenvalue weighted by atomic mass is 9.91. The number of benzene rings is 1. The van der Waals surface area contributed by atoms with Crippen molar-refractivity contribution < 1.29 is 18.0 Å². The van der Waals surface area contributed by atoms with Gasteiger partial charge in [0, 0.05) is 21.5 Å². The highest BCUT2D eigenvalue weighted by Gasteiger charge is 2.36. The Bertz CT molecular complexity index is 1480. The smallest absolute Gasteiger partial charge is 0.317 e. The van der Waals surface area contributed by atoms with Gasteiger partial charge in [0.05, 0.1) is 29.3 Å². The molecule has 4 rings (SSSR count). The Hall–Kier alpha value is -3.11. The predicted octanol–water partition coefficient (Wildman–Crippen LogP) is 6.47. The number of amides is 1. The van der Waals surface area contributed by atoms with Crippen molar-refractivity contribution in [2.45, 2.75) is 52.8 Å². The SMILES string of the molecule is Cc1nn(Cc2ccc(Cl)cc2Cl)c(C)c1NC(=O)c1cc2nc(C(C)(C)C)cc(C(F)(F)F)n2n1. The summed E-state index contributed by atoms with van der Waals surface area (Å²) in [5.41, 5.74) is 0.710. The van der Waals surface area contributed by atoms with Crippen molar-refractivity contribution in [3.05, 3.63) is 74.4 Å². The van der Waals surface area contributed by atoms with Crippen LogP contribution < -0.4 is 5.32 Å². The van der Waals surface area contributed by atoms with E-state index in [9.17, 15) is 18.0 Å². The number of hydrogen-bond acceptors (Lipinski definition) is 4. The molecule has 0 atom stereocenters. The molecule has 1 N–H and O–H groups in total. The van der Waals surface area contributed by atoms with Crippen LogP contribution in [0.4, 0.5) is 18.9 Å². The summed E-state index contributed by atoms with van der Waals surface area (Å²) in [5, 5.41) is 12.1. The third kappa shape index (κ3) is 5.05. The number of carbonyl (C=O) groups excluding carboxylic acids is 1. The molecule has 3 aromatic heterocycles. The number of alkyl halides is 3. The van der Waals surface area contributed by atoms with Crippen molar-refractivity contribution in [3.8, 4) is 0 Å². The summed E-state index contributed by atoms with van der Waals surface area (Å²) >= 11 is 12.2. The highest BCUT2D eigenvalue weighted by atomic mass is 35.5. The summed E-state index contributed by atoms with van der Waals surface area (Å²) in [6.45, 7) is 9.10. The number of aryl methyl sites for hydroxylation is 1. The quantitative estimate of drug-likeness (QED) is 0.323. The van der Waals surface area contributed by atoms with Crippen molar-refractivity contribution in [3.63, 3.8) is 0 Å². The number of rotatable bonds is 4. The van der Waals surface area contributed by atoms with E-state index in [0.717, 1.165) is 11.6 Å². The van der Waals surface area contributed by atoms with Gasteiger partial charge in [-0.15, -0.1) is 0 Å². The molecular weight excluding hydrogens is 516 g/mol. The monoisotopic (exact) mass is 538 g/mol. The maximum absolute atomic E-state index is 13.8. The second-order valence-electron chi connectivity index (χ2n) is 9.47. The summed E-state index contributed by atoms with van der Waals surface area (Å²) < 4.78 is 43.6. The van der Waals surface area contributed by atoms with Gasteiger partial charge in [-0.3, -0.25) is 9.48 Å². The van der Waals surface area contributed by atoms with Crippen molar-refractivity contribution in [2.24, 2.45) is 0 Å². The fourth-order valence-electron chi connectivity index (χ4n) is 3.69. The molecule has 0 saturated heterocycles. The minimum atomic E-state index is -4.68. The number of halogens is 5. The Labute approximate surface area is 215 Å². The van der Waals surface area contributed by atoms with E-state index in [4.69, 9.17) is 23.2 Å². The number of hydrogen-bond donors (Lipinski definition) is 1. The van der Waals surface area contributed by atoms with E-state index in [1.54, 1.807) is 57.5 Å². The third-order valence-corrected chi connectivity index (χ3v) is 6.26. The molecule has 0 aliphatic rings. The van der Waals surface area contributed by atoms with Crippen molar-refractivity contribution in [1.82, 2.24) is 24.4 Å². The van der Waals surface area contributed by atoms with E-state index in [0.29, 0.717) is 38.2 Å². The van der Waals surface area contributed by atoms with Crippen molar-refractivity contribution in [1.29, 1.82) is 0 Å². The average molecular weight is 539 g/mol. The Morgan fingerprint density at radius 2 is 1.75 bits per heavy atom. The van der Waals surface area contributed by atoms with E-state index < -0.39 is 23.2 Å². The molecule has 0 aliphatic heterocycles. The molecule has 1 aromatic carbocycles. The first-order valence-corrected chi connectivity index (χ1v) is 11.7. The molecule has 0 radical (unpaired) electrons. The van der Waals surface area contributed by atoms with Crippen LogP contribution in [0.3, 0.4) is 0 Å². The van der Waals surface area contributed by atoms with Crippen molar-refractivity contribution >= 4 is 40.4 Å². The Morgan fingerprint density at radius 1 is 1.06 bits per heavy atom. The molecule has 12 heteroatoms. The fraction of sp³-hybridized carbons (Fsp3) is 0.333. The molecule has 0 unspecified atom stereocenters. The second-order valence-corrected chi connectivity index (χ2v) is 10.3. The van der Waals surface area contributed by atoms with Crippen LogP contribution in [0.1, 0.15) is 59.6 Å². The van der Waals surface area contributed by atoms with Crippen molar-refractivity contribution in [2.75, 3.05) is 5.32 Å². The molecule has 190 valence electrons. The van der Waals surface area contributed by atoms with Crippen LogP contribution in [0.25, 0.3) is 5.65 Å². The second kappa shape index (κ2) is 9.08. The fourth-order valence-corrected chi connectivity index (χ4v) is 4.16. The van der Waals surface area contributed by atoms with Crippen LogP contribution in [0.15, 0.2) is 30.3 Å². The summed E-state index contributed by atoms with van der Waals surface area (Å²) in [6, 6.07) is 7.33. The Balaban J connectivity index is 1.67. The zero-order chi connectivity index (χ0) is 26.6. The van der Waals surface area contributed by atoms with E-state index in [1.807, 2.05) is 0 Å². The largest absolute Gasteiger partial charge is 0.433 e. The van der Waals surface area contributed by atoms with Crippen LogP contribution in [-0.4, -0.2) is 30.3 Å². The normalized spacial score (nSPS) is 12.4. The van der Waals surface area contributed by atoms with Crippen LogP contribution in [0, 0.1) is 13.8 Å². The molecule has 4 aromatic rings. The molecule has 0 bridgehead atoms. The number of nitrogens with one attached hydrogen (secondary N) is 1. The molecule has 0 spiro atoms.